The van der Waals surface area contributed by atoms with Crippen LogP contribution in [0.2, 0.25) is 0 Å². The predicted molar refractivity (Wildman–Crippen MR) is 195 cm³/mol. The van der Waals surface area contributed by atoms with Gasteiger partial charge >= 0.3 is 0 Å². The molecule has 0 saturated carbocycles. The van der Waals surface area contributed by atoms with Crippen molar-refractivity contribution in [3.63, 3.8) is 0 Å². The number of aliphatic hydroxyl groups is 3. The third-order valence-electron chi connectivity index (χ3n) is 9.79. The largest absolute Gasteiger partial charge is 0.388 e. The van der Waals surface area contributed by atoms with Crippen LogP contribution in [-0.4, -0.2) is 69.9 Å². The second-order valence-electron chi connectivity index (χ2n) is 13.9. The molecule has 0 aromatic rings. The Balaban J connectivity index is 0.0000202. The molecule has 1 saturated heterocycles. The Labute approximate surface area is 290 Å². The molecule has 0 aliphatic carbocycles. The first-order valence-electron chi connectivity index (χ1n) is 19.7. The molecule has 5 N–H and O–H groups in total. The van der Waals surface area contributed by atoms with Gasteiger partial charge in [-0.15, -0.1) is 12.4 Å². The van der Waals surface area contributed by atoms with E-state index in [9.17, 15) is 20.1 Å². The summed E-state index contributed by atoms with van der Waals surface area (Å²) in [7, 11) is 0. The number of carbonyl (C=O) groups excluding carboxylic acids is 1. The smallest absolute Gasteiger partial charge is 0.224 e. The van der Waals surface area contributed by atoms with Crippen molar-refractivity contribution in [3.8, 4) is 0 Å². The lowest BCUT2D eigenvalue weighted by atomic mass is 9.97. The van der Waals surface area contributed by atoms with Gasteiger partial charge in [0.25, 0.3) is 0 Å². The third kappa shape index (κ3) is 21.5. The summed E-state index contributed by atoms with van der Waals surface area (Å²) in [5.41, 5.74) is 5.78. The molecule has 276 valence electrons. The summed E-state index contributed by atoms with van der Waals surface area (Å²) >= 11 is 0. The topological polar surface area (TPSA) is 116 Å². The van der Waals surface area contributed by atoms with Crippen molar-refractivity contribution in [3.05, 3.63) is 0 Å². The molecule has 7 nitrogen and oxygen atoms in total. The van der Waals surface area contributed by atoms with Crippen molar-refractivity contribution in [2.24, 2.45) is 5.73 Å². The number of nitrogens with two attached hydrogens (primary N) is 1. The van der Waals surface area contributed by atoms with E-state index in [0.29, 0.717) is 13.0 Å². The zero-order valence-electron chi connectivity index (χ0n) is 30.2. The van der Waals surface area contributed by atoms with Crippen LogP contribution in [0.3, 0.4) is 0 Å². The van der Waals surface area contributed by atoms with Crippen molar-refractivity contribution < 1.29 is 24.9 Å². The van der Waals surface area contributed by atoms with E-state index in [2.05, 4.69) is 13.8 Å². The van der Waals surface area contributed by atoms with Crippen LogP contribution in [0.5, 0.6) is 0 Å². The predicted octanol–water partition coefficient (Wildman–Crippen LogP) is 8.97. The van der Waals surface area contributed by atoms with Gasteiger partial charge in [-0.1, -0.05) is 174 Å². The minimum absolute atomic E-state index is 0. The Bertz CT molecular complexity index is 671. The van der Waals surface area contributed by atoms with E-state index in [0.717, 1.165) is 38.5 Å². The molecular formula is C38H77ClN2O5. The average molecular weight is 677 g/mol. The fourth-order valence-electron chi connectivity index (χ4n) is 6.69. The van der Waals surface area contributed by atoms with Crippen LogP contribution in [-0.2, 0) is 9.53 Å². The van der Waals surface area contributed by atoms with E-state index >= 15 is 0 Å². The Kier molecular flexibility index (Phi) is 31.5. The molecular weight excluding hydrogens is 600 g/mol. The van der Waals surface area contributed by atoms with Crippen LogP contribution >= 0.6 is 12.4 Å². The van der Waals surface area contributed by atoms with Crippen LogP contribution in [0.1, 0.15) is 194 Å². The first-order valence-corrected chi connectivity index (χ1v) is 19.7. The molecule has 0 radical (unpaired) electrons. The van der Waals surface area contributed by atoms with Crippen molar-refractivity contribution >= 4 is 18.3 Å². The lowest BCUT2D eigenvalue weighted by Gasteiger charge is -2.45. The van der Waals surface area contributed by atoms with Gasteiger partial charge in [0.1, 0.15) is 24.4 Å². The molecule has 5 atom stereocenters. The highest BCUT2D eigenvalue weighted by Crippen LogP contribution is 2.25. The van der Waals surface area contributed by atoms with Gasteiger partial charge in [-0.25, -0.2) is 0 Å². The molecule has 1 aliphatic rings. The fourth-order valence-corrected chi connectivity index (χ4v) is 6.69. The summed E-state index contributed by atoms with van der Waals surface area (Å²) in [4.78, 5) is 15.0. The van der Waals surface area contributed by atoms with Gasteiger partial charge in [0.05, 0.1) is 0 Å². The molecule has 0 bridgehead atoms. The van der Waals surface area contributed by atoms with Crippen LogP contribution in [0.25, 0.3) is 0 Å². The minimum Gasteiger partial charge on any atom is -0.388 e. The molecule has 0 aromatic carbocycles. The van der Waals surface area contributed by atoms with Crippen molar-refractivity contribution in [1.29, 1.82) is 0 Å². The molecule has 0 unspecified atom stereocenters. The molecule has 0 spiro atoms. The lowest BCUT2D eigenvalue weighted by molar-refractivity contribution is -0.254. The molecule has 1 aliphatic heterocycles. The normalized spacial score (nSPS) is 21.3. The number of carbonyl (C=O) groups is 1. The monoisotopic (exact) mass is 677 g/mol. The number of hydrogen-bond acceptors (Lipinski definition) is 6. The molecule has 1 rings (SSSR count). The highest BCUT2D eigenvalue weighted by atomic mass is 35.5. The third-order valence-corrected chi connectivity index (χ3v) is 9.79. The first kappa shape index (κ1) is 45.6. The standard InChI is InChI=1S/C38H76N2O5.ClH/c1-3-5-7-9-11-13-15-17-18-19-20-22-24-26-28-30-34(41)40(38-37(44)36(43)35(42)33(32-39)45-38)31-29-27-25-23-21-16-14-12-10-8-6-4-2;/h33,35-38,42-44H,3-32,39H2,1-2H3;1H/t33-,35-,36+,37-,38-;/m1./s1. The van der Waals surface area contributed by atoms with E-state index in [1.165, 1.54) is 135 Å². The van der Waals surface area contributed by atoms with Gasteiger partial charge in [-0.3, -0.25) is 4.79 Å². The van der Waals surface area contributed by atoms with E-state index < -0.39 is 30.6 Å². The molecule has 8 heteroatoms. The molecule has 46 heavy (non-hydrogen) atoms. The summed E-state index contributed by atoms with van der Waals surface area (Å²) < 4.78 is 5.92. The second-order valence-corrected chi connectivity index (χ2v) is 13.9. The maximum atomic E-state index is 13.4. The van der Waals surface area contributed by atoms with E-state index in [1.807, 2.05) is 0 Å². The summed E-state index contributed by atoms with van der Waals surface area (Å²) in [5.74, 6) is -0.0452. The fraction of sp³-hybridized carbons (Fsp3) is 0.974. The Morgan fingerprint density at radius 3 is 1.26 bits per heavy atom. The minimum atomic E-state index is -1.39. The number of amides is 1. The van der Waals surface area contributed by atoms with Crippen molar-refractivity contribution in [1.82, 2.24) is 4.90 Å². The van der Waals surface area contributed by atoms with Gasteiger partial charge in [-0.2, -0.15) is 0 Å². The zero-order chi connectivity index (χ0) is 33.0. The number of rotatable bonds is 31. The summed E-state index contributed by atoms with van der Waals surface area (Å²) in [5, 5.41) is 31.5. The van der Waals surface area contributed by atoms with Gasteiger partial charge in [0.15, 0.2) is 6.23 Å². The highest BCUT2D eigenvalue weighted by molar-refractivity contribution is 5.85. The van der Waals surface area contributed by atoms with E-state index in [4.69, 9.17) is 10.5 Å². The Hall–Kier alpha value is -0.440. The first-order chi connectivity index (χ1) is 22.0. The molecule has 1 heterocycles. The highest BCUT2D eigenvalue weighted by Gasteiger charge is 2.46. The number of hydrogen-bond donors (Lipinski definition) is 4. The second kappa shape index (κ2) is 31.8. The maximum Gasteiger partial charge on any atom is 0.224 e. The maximum absolute atomic E-state index is 13.4. The van der Waals surface area contributed by atoms with Gasteiger partial charge < -0.3 is 30.7 Å². The number of nitrogens with zero attached hydrogens (tertiary/aromatic N) is 1. The molecule has 0 aromatic heterocycles. The quantitative estimate of drug-likeness (QED) is 0.0545. The Morgan fingerprint density at radius 1 is 0.543 bits per heavy atom. The summed E-state index contributed by atoms with van der Waals surface area (Å²) in [6.07, 6.45) is 28.6. The molecule has 1 fully saturated rings. The van der Waals surface area contributed by atoms with Gasteiger partial charge in [0.2, 0.25) is 5.91 Å². The average Bonchev–Trinajstić information content (AvgIpc) is 3.04. The zero-order valence-corrected chi connectivity index (χ0v) is 31.0. The lowest BCUT2D eigenvalue weighted by Crippen LogP contribution is -2.64. The van der Waals surface area contributed by atoms with Crippen LogP contribution < -0.4 is 5.73 Å². The number of halogens is 1. The van der Waals surface area contributed by atoms with Crippen LogP contribution in [0, 0.1) is 0 Å². The Morgan fingerprint density at radius 2 is 0.891 bits per heavy atom. The number of ether oxygens (including phenoxy) is 1. The van der Waals surface area contributed by atoms with E-state index in [1.54, 1.807) is 4.90 Å². The van der Waals surface area contributed by atoms with Gasteiger partial charge in [0, 0.05) is 19.5 Å². The summed E-state index contributed by atoms with van der Waals surface area (Å²) in [6, 6.07) is 0. The van der Waals surface area contributed by atoms with Crippen LogP contribution in [0.4, 0.5) is 0 Å². The summed E-state index contributed by atoms with van der Waals surface area (Å²) in [6.45, 7) is 5.02. The van der Waals surface area contributed by atoms with Crippen molar-refractivity contribution in [2.75, 3.05) is 13.1 Å². The number of unbranched alkanes of at least 4 members (excludes halogenated alkanes) is 25. The van der Waals surface area contributed by atoms with Crippen LogP contribution in [0.15, 0.2) is 0 Å². The number of aliphatic hydroxyl groups excluding tert-OH is 3. The van der Waals surface area contributed by atoms with Crippen molar-refractivity contribution in [2.45, 2.75) is 224 Å². The molecule has 1 amide bonds. The SMILES string of the molecule is CCCCCCCCCCCCCCCCCC(=O)N(CCCCCCCCCCCCCC)[C@@H]1O[C@H](CN)[C@@H](O)[C@H](O)[C@H]1O.Cl. The van der Waals surface area contributed by atoms with Gasteiger partial charge in [-0.05, 0) is 12.8 Å². The van der Waals surface area contributed by atoms with E-state index in [-0.39, 0.29) is 24.9 Å².